The van der Waals surface area contributed by atoms with E-state index in [1.807, 2.05) is 4.72 Å². The monoisotopic (exact) mass is 489 g/mol. The first-order chi connectivity index (χ1) is 13.7. The predicted molar refractivity (Wildman–Crippen MR) is 122 cm³/mol. The van der Waals surface area contributed by atoms with Crippen LogP contribution in [0.1, 0.15) is 51.1 Å². The van der Waals surface area contributed by atoms with Gasteiger partial charge < -0.3 is 15.2 Å². The topological polar surface area (TPSA) is 135 Å². The highest BCUT2D eigenvalue weighted by atomic mass is 32.2. The van der Waals surface area contributed by atoms with Crippen LogP contribution in [0.5, 0.6) is 0 Å². The van der Waals surface area contributed by atoms with Crippen LogP contribution in [0, 0.1) is 0 Å². The van der Waals surface area contributed by atoms with Gasteiger partial charge in [-0.15, -0.1) is 11.3 Å². The molecular weight excluding hydrogens is 462 g/mol. The zero-order valence-corrected chi connectivity index (χ0v) is 20.4. The Kier molecular flexibility index (Phi) is 8.66. The number of ether oxygens (including phenoxy) is 1. The Morgan fingerprint density at radius 3 is 2.19 bits per heavy atom. The Bertz CT molecular complexity index is 1010. The summed E-state index contributed by atoms with van der Waals surface area (Å²) in [5.74, 6) is -0.980. The molecule has 2 aromatic rings. The number of hydrogen-bond donors (Lipinski definition) is 3. The standard InChI is InChI=1S/C19H25N3O6S2.H2S/c1-18(2,3)28-16(24)21-14(12-9-7-6-8-10-12)15(23)22-30(26,27)17-20-11-13(29-17)19(4,5)25;/h6-11,14,25H,1-5H3,(H,21,24)(H,22,23);1H2/t14-;/m0./s1. The van der Waals surface area contributed by atoms with Crippen LogP contribution in [0.25, 0.3) is 0 Å². The van der Waals surface area contributed by atoms with Crippen molar-refractivity contribution in [2.24, 2.45) is 0 Å². The Morgan fingerprint density at radius 1 is 1.13 bits per heavy atom. The molecule has 1 atom stereocenters. The minimum absolute atomic E-state index is 0. The van der Waals surface area contributed by atoms with Gasteiger partial charge in [-0.3, -0.25) is 4.79 Å². The summed E-state index contributed by atoms with van der Waals surface area (Å²) >= 11 is 0.742. The number of benzene rings is 1. The van der Waals surface area contributed by atoms with E-state index in [4.69, 9.17) is 4.74 Å². The molecule has 2 rings (SSSR count). The van der Waals surface area contributed by atoms with Gasteiger partial charge in [0.25, 0.3) is 15.9 Å². The number of rotatable bonds is 6. The minimum atomic E-state index is -4.32. The summed E-state index contributed by atoms with van der Waals surface area (Å²) in [5.41, 5.74) is -1.71. The number of amides is 2. The van der Waals surface area contributed by atoms with Crippen LogP contribution in [-0.2, 0) is 25.2 Å². The summed E-state index contributed by atoms with van der Waals surface area (Å²) in [4.78, 5) is 29.1. The lowest BCUT2D eigenvalue weighted by molar-refractivity contribution is -0.121. The summed E-state index contributed by atoms with van der Waals surface area (Å²) in [6.07, 6.45) is 0.361. The molecular formula is C19H27N3O6S3. The van der Waals surface area contributed by atoms with Crippen molar-refractivity contribution >= 4 is 46.9 Å². The van der Waals surface area contributed by atoms with Crippen LogP contribution in [-0.4, -0.2) is 36.1 Å². The molecule has 1 heterocycles. The van der Waals surface area contributed by atoms with Crippen molar-refractivity contribution in [1.82, 2.24) is 15.0 Å². The maximum Gasteiger partial charge on any atom is 0.408 e. The number of nitrogens with one attached hydrogen (secondary N) is 2. The van der Waals surface area contributed by atoms with Crippen LogP contribution >= 0.6 is 24.8 Å². The van der Waals surface area contributed by atoms with Crippen LogP contribution < -0.4 is 10.0 Å². The van der Waals surface area contributed by atoms with Crippen molar-refractivity contribution in [3.63, 3.8) is 0 Å². The molecule has 2 amide bonds. The first kappa shape index (κ1) is 26.9. The zero-order chi connectivity index (χ0) is 22.7. The normalized spacial score (nSPS) is 13.0. The average molecular weight is 490 g/mol. The van der Waals surface area contributed by atoms with Crippen LogP contribution in [0.2, 0.25) is 0 Å². The second kappa shape index (κ2) is 9.98. The highest BCUT2D eigenvalue weighted by Gasteiger charge is 2.31. The van der Waals surface area contributed by atoms with Gasteiger partial charge in [-0.2, -0.15) is 21.9 Å². The quantitative estimate of drug-likeness (QED) is 0.567. The number of alkyl carbamates (subject to hydrolysis) is 1. The fraction of sp³-hybridized carbons (Fsp3) is 0.421. The summed E-state index contributed by atoms with van der Waals surface area (Å²) < 4.78 is 32.0. The molecule has 12 heteroatoms. The maximum atomic E-state index is 12.8. The van der Waals surface area contributed by atoms with E-state index in [0.29, 0.717) is 10.4 Å². The number of sulfonamides is 1. The SMILES string of the molecule is CC(C)(C)OC(=O)N[C@H](C(=O)NS(=O)(=O)c1ncc(C(C)(C)O)s1)c1ccccc1.S. The zero-order valence-electron chi connectivity index (χ0n) is 17.8. The van der Waals surface area contributed by atoms with Gasteiger partial charge in [0.15, 0.2) is 0 Å². The van der Waals surface area contributed by atoms with Crippen molar-refractivity contribution in [2.75, 3.05) is 0 Å². The van der Waals surface area contributed by atoms with Gasteiger partial charge in [0.05, 0.1) is 10.5 Å². The lowest BCUT2D eigenvalue weighted by Gasteiger charge is -2.23. The smallest absolute Gasteiger partial charge is 0.408 e. The van der Waals surface area contributed by atoms with Gasteiger partial charge in [0, 0.05) is 6.20 Å². The number of hydrogen-bond acceptors (Lipinski definition) is 8. The van der Waals surface area contributed by atoms with Crippen molar-refractivity contribution in [1.29, 1.82) is 0 Å². The van der Waals surface area contributed by atoms with Crippen molar-refractivity contribution in [3.05, 3.63) is 47.0 Å². The molecule has 172 valence electrons. The van der Waals surface area contributed by atoms with Crippen LogP contribution in [0.4, 0.5) is 4.79 Å². The highest BCUT2D eigenvalue weighted by Crippen LogP contribution is 2.28. The number of thiazole rings is 1. The third kappa shape index (κ3) is 7.80. The molecule has 0 spiro atoms. The molecule has 9 nitrogen and oxygen atoms in total. The van der Waals surface area contributed by atoms with Gasteiger partial charge >= 0.3 is 6.09 Å². The Morgan fingerprint density at radius 2 is 1.71 bits per heavy atom. The molecule has 0 saturated heterocycles. The van der Waals surface area contributed by atoms with Crippen molar-refractivity contribution in [2.45, 2.75) is 56.2 Å². The first-order valence-corrected chi connectivity index (χ1v) is 11.3. The van der Waals surface area contributed by atoms with E-state index >= 15 is 0 Å². The Hall–Kier alpha value is -2.15. The van der Waals surface area contributed by atoms with Crippen LogP contribution in [0.3, 0.4) is 0 Å². The third-order valence-corrected chi connectivity index (χ3v) is 6.66. The summed E-state index contributed by atoms with van der Waals surface area (Å²) in [6.45, 7) is 7.98. The summed E-state index contributed by atoms with van der Waals surface area (Å²) in [7, 11) is -4.32. The predicted octanol–water partition coefficient (Wildman–Crippen LogP) is 2.55. The number of aromatic nitrogens is 1. The van der Waals surface area contributed by atoms with Crippen molar-refractivity contribution in [3.8, 4) is 0 Å². The fourth-order valence-electron chi connectivity index (χ4n) is 2.27. The lowest BCUT2D eigenvalue weighted by atomic mass is 10.1. The molecule has 0 bridgehead atoms. The van der Waals surface area contributed by atoms with Crippen LogP contribution in [0.15, 0.2) is 40.9 Å². The van der Waals surface area contributed by atoms with Gasteiger partial charge in [0.1, 0.15) is 11.6 Å². The van der Waals surface area contributed by atoms with E-state index < -0.39 is 39.3 Å². The van der Waals surface area contributed by atoms with E-state index in [2.05, 4.69) is 10.3 Å². The highest BCUT2D eigenvalue weighted by molar-refractivity contribution is 7.92. The third-order valence-electron chi connectivity index (χ3n) is 3.61. The molecule has 0 aliphatic heterocycles. The summed E-state index contributed by atoms with van der Waals surface area (Å²) in [6, 6.07) is 6.85. The van der Waals surface area contributed by atoms with Gasteiger partial charge in [-0.05, 0) is 40.2 Å². The fourth-order valence-corrected chi connectivity index (χ4v) is 4.41. The molecule has 0 saturated carbocycles. The molecule has 1 aromatic carbocycles. The van der Waals surface area contributed by atoms with Crippen molar-refractivity contribution < 1.29 is 27.9 Å². The van der Waals surface area contributed by atoms with E-state index in [-0.39, 0.29) is 17.8 Å². The number of aliphatic hydroxyl groups is 1. The second-order valence-corrected chi connectivity index (χ2v) is 10.9. The number of carbonyl (C=O) groups excluding carboxylic acids is 2. The molecule has 31 heavy (non-hydrogen) atoms. The minimum Gasteiger partial charge on any atom is -0.444 e. The van der Waals surface area contributed by atoms with E-state index in [1.165, 1.54) is 20.0 Å². The Labute approximate surface area is 192 Å². The Balaban J connectivity index is 0.00000480. The average Bonchev–Trinajstić information content (AvgIpc) is 3.10. The second-order valence-electron chi connectivity index (χ2n) is 8.01. The first-order valence-electron chi connectivity index (χ1n) is 8.99. The molecule has 0 aliphatic carbocycles. The maximum absolute atomic E-state index is 12.8. The molecule has 0 radical (unpaired) electrons. The van der Waals surface area contributed by atoms with E-state index in [1.54, 1.807) is 51.1 Å². The molecule has 0 unspecified atom stereocenters. The molecule has 1 aromatic heterocycles. The van der Waals surface area contributed by atoms with Gasteiger partial charge in [0.2, 0.25) is 4.34 Å². The number of nitrogens with zero attached hydrogens (tertiary/aromatic N) is 1. The van der Waals surface area contributed by atoms with E-state index in [9.17, 15) is 23.1 Å². The largest absolute Gasteiger partial charge is 0.444 e. The molecule has 3 N–H and O–H groups in total. The van der Waals surface area contributed by atoms with Gasteiger partial charge in [-0.1, -0.05) is 30.3 Å². The molecule has 0 fully saturated rings. The lowest BCUT2D eigenvalue weighted by Crippen LogP contribution is -2.44. The van der Waals surface area contributed by atoms with E-state index in [0.717, 1.165) is 11.3 Å². The number of carbonyl (C=O) groups is 2. The summed E-state index contributed by atoms with van der Waals surface area (Å²) in [5, 5.41) is 12.4. The molecule has 0 aliphatic rings. The van der Waals surface area contributed by atoms with Gasteiger partial charge in [-0.25, -0.2) is 14.5 Å².